The summed E-state index contributed by atoms with van der Waals surface area (Å²) in [6, 6.07) is 1.88. The molecule has 1 fully saturated rings. The number of nitrogens with zero attached hydrogens (tertiary/aromatic N) is 5. The van der Waals surface area contributed by atoms with Crippen LogP contribution in [-0.4, -0.2) is 43.6 Å². The average Bonchev–Trinajstić information content (AvgIpc) is 3.20. The average molecular weight is 354 g/mol. The van der Waals surface area contributed by atoms with Crippen LogP contribution in [0.3, 0.4) is 0 Å². The lowest BCUT2D eigenvalue weighted by Gasteiger charge is -2.36. The van der Waals surface area contributed by atoms with Gasteiger partial charge >= 0.3 is 0 Å². The number of amides is 1. The molecule has 1 N–H and O–H groups in total. The van der Waals surface area contributed by atoms with Gasteiger partial charge in [0.15, 0.2) is 5.82 Å². The van der Waals surface area contributed by atoms with E-state index in [9.17, 15) is 4.79 Å². The highest BCUT2D eigenvalue weighted by molar-refractivity contribution is 5.79. The molecule has 7 heteroatoms. The fourth-order valence-electron chi connectivity index (χ4n) is 3.93. The van der Waals surface area contributed by atoms with Gasteiger partial charge in [-0.2, -0.15) is 5.10 Å². The normalized spacial score (nSPS) is 21.3. The standard InChI is InChI=1S/C19H26N6O/c1-14(13-24-9-4-7-22-24)19(26)25-10-3-2-5-17(25)18-21-12-15-11-20-8-6-16(15)23-18/h4,7,9,12,14,17,20H,2-3,5-6,8,10-11,13H2,1H3. The van der Waals surface area contributed by atoms with Gasteiger partial charge in [0.1, 0.15) is 0 Å². The van der Waals surface area contributed by atoms with Gasteiger partial charge in [-0.1, -0.05) is 6.92 Å². The fraction of sp³-hybridized carbons (Fsp3) is 0.579. The van der Waals surface area contributed by atoms with Crippen LogP contribution in [0.25, 0.3) is 0 Å². The van der Waals surface area contributed by atoms with Gasteiger partial charge < -0.3 is 10.2 Å². The topological polar surface area (TPSA) is 75.9 Å². The Bertz CT molecular complexity index is 759. The zero-order valence-electron chi connectivity index (χ0n) is 15.3. The highest BCUT2D eigenvalue weighted by Gasteiger charge is 2.33. The maximum Gasteiger partial charge on any atom is 0.227 e. The van der Waals surface area contributed by atoms with Crippen molar-refractivity contribution in [1.29, 1.82) is 0 Å². The van der Waals surface area contributed by atoms with Crippen molar-refractivity contribution in [2.75, 3.05) is 13.1 Å². The zero-order valence-corrected chi connectivity index (χ0v) is 15.3. The first-order chi connectivity index (χ1) is 12.7. The Morgan fingerprint density at radius 2 is 2.35 bits per heavy atom. The van der Waals surface area contributed by atoms with Crippen molar-refractivity contribution in [1.82, 2.24) is 30.0 Å². The molecule has 0 spiro atoms. The van der Waals surface area contributed by atoms with Crippen LogP contribution in [-0.2, 0) is 24.3 Å². The Labute approximate surface area is 153 Å². The van der Waals surface area contributed by atoms with E-state index in [4.69, 9.17) is 4.98 Å². The van der Waals surface area contributed by atoms with Gasteiger partial charge in [0.05, 0.1) is 18.5 Å². The predicted molar refractivity (Wildman–Crippen MR) is 97.1 cm³/mol. The number of carbonyl (C=O) groups excluding carboxylic acids is 1. The first-order valence-electron chi connectivity index (χ1n) is 9.55. The molecule has 0 radical (unpaired) electrons. The van der Waals surface area contributed by atoms with Crippen molar-refractivity contribution in [2.24, 2.45) is 5.92 Å². The van der Waals surface area contributed by atoms with Crippen molar-refractivity contribution in [3.8, 4) is 0 Å². The molecule has 4 heterocycles. The maximum atomic E-state index is 13.1. The smallest absolute Gasteiger partial charge is 0.227 e. The Morgan fingerprint density at radius 1 is 1.42 bits per heavy atom. The number of carbonyl (C=O) groups is 1. The highest BCUT2D eigenvalue weighted by atomic mass is 16.2. The molecule has 0 aromatic carbocycles. The molecule has 138 valence electrons. The molecular weight excluding hydrogens is 328 g/mol. The van der Waals surface area contributed by atoms with E-state index < -0.39 is 0 Å². The van der Waals surface area contributed by atoms with E-state index in [0.717, 1.165) is 56.8 Å². The quantitative estimate of drug-likeness (QED) is 0.905. The second kappa shape index (κ2) is 7.53. The number of fused-ring (bicyclic) bond motifs is 1. The molecule has 2 atom stereocenters. The minimum Gasteiger partial charge on any atom is -0.332 e. The van der Waals surface area contributed by atoms with Gasteiger partial charge in [0, 0.05) is 55.9 Å². The molecule has 2 aliphatic heterocycles. The zero-order chi connectivity index (χ0) is 17.9. The van der Waals surface area contributed by atoms with Crippen LogP contribution >= 0.6 is 0 Å². The summed E-state index contributed by atoms with van der Waals surface area (Å²) >= 11 is 0. The molecule has 2 aliphatic rings. The summed E-state index contributed by atoms with van der Waals surface area (Å²) in [7, 11) is 0. The monoisotopic (exact) mass is 354 g/mol. The molecular formula is C19H26N6O. The van der Waals surface area contributed by atoms with Crippen LogP contribution in [0.4, 0.5) is 0 Å². The molecule has 26 heavy (non-hydrogen) atoms. The van der Waals surface area contributed by atoms with Crippen molar-refractivity contribution in [3.05, 3.63) is 41.7 Å². The van der Waals surface area contributed by atoms with Gasteiger partial charge in [-0.3, -0.25) is 9.48 Å². The molecule has 2 aromatic heterocycles. The van der Waals surface area contributed by atoms with Crippen molar-refractivity contribution in [2.45, 2.75) is 51.7 Å². The number of rotatable bonds is 4. The van der Waals surface area contributed by atoms with Crippen molar-refractivity contribution >= 4 is 5.91 Å². The van der Waals surface area contributed by atoms with E-state index in [2.05, 4.69) is 15.4 Å². The summed E-state index contributed by atoms with van der Waals surface area (Å²) in [6.45, 7) is 5.16. The Balaban J connectivity index is 1.53. The van der Waals surface area contributed by atoms with Gasteiger partial charge in [-0.15, -0.1) is 0 Å². The summed E-state index contributed by atoms with van der Waals surface area (Å²) in [5.74, 6) is 0.871. The minimum absolute atomic E-state index is 0.00323. The minimum atomic E-state index is -0.114. The van der Waals surface area contributed by atoms with Crippen molar-refractivity contribution < 1.29 is 4.79 Å². The molecule has 0 bridgehead atoms. The lowest BCUT2D eigenvalue weighted by molar-refractivity contribution is -0.139. The second-order valence-corrected chi connectivity index (χ2v) is 7.30. The van der Waals surface area contributed by atoms with E-state index in [1.807, 2.05) is 35.0 Å². The Hall–Kier alpha value is -2.28. The van der Waals surface area contributed by atoms with Gasteiger partial charge in [-0.25, -0.2) is 9.97 Å². The molecule has 1 saturated heterocycles. The summed E-state index contributed by atoms with van der Waals surface area (Å²) in [4.78, 5) is 24.6. The van der Waals surface area contributed by atoms with Crippen LogP contribution in [0.15, 0.2) is 24.7 Å². The first-order valence-corrected chi connectivity index (χ1v) is 9.55. The number of hydrogen-bond donors (Lipinski definition) is 1. The Kier molecular flexibility index (Phi) is 4.97. The van der Waals surface area contributed by atoms with Crippen LogP contribution < -0.4 is 5.32 Å². The van der Waals surface area contributed by atoms with Gasteiger partial charge in [0.2, 0.25) is 5.91 Å². The van der Waals surface area contributed by atoms with Gasteiger partial charge in [0.25, 0.3) is 0 Å². The lowest BCUT2D eigenvalue weighted by atomic mass is 9.98. The molecule has 7 nitrogen and oxygen atoms in total. The Morgan fingerprint density at radius 3 is 3.19 bits per heavy atom. The van der Waals surface area contributed by atoms with E-state index in [1.165, 1.54) is 5.56 Å². The van der Waals surface area contributed by atoms with E-state index >= 15 is 0 Å². The number of piperidine rings is 1. The number of likely N-dealkylation sites (tertiary alicyclic amines) is 1. The molecule has 1 amide bonds. The number of aromatic nitrogens is 4. The van der Waals surface area contributed by atoms with Crippen LogP contribution in [0.2, 0.25) is 0 Å². The molecule has 0 saturated carbocycles. The SMILES string of the molecule is CC(Cn1cccn1)C(=O)N1CCCCC1c1ncc2c(n1)CCNC2. The predicted octanol–water partition coefficient (Wildman–Crippen LogP) is 1.71. The van der Waals surface area contributed by atoms with Crippen LogP contribution in [0.5, 0.6) is 0 Å². The van der Waals surface area contributed by atoms with Gasteiger partial charge in [-0.05, 0) is 25.3 Å². The van der Waals surface area contributed by atoms with E-state index in [-0.39, 0.29) is 17.9 Å². The van der Waals surface area contributed by atoms with Crippen LogP contribution in [0, 0.1) is 5.92 Å². The largest absolute Gasteiger partial charge is 0.332 e. The fourth-order valence-corrected chi connectivity index (χ4v) is 3.93. The third-order valence-corrected chi connectivity index (χ3v) is 5.35. The second-order valence-electron chi connectivity index (χ2n) is 7.30. The summed E-state index contributed by atoms with van der Waals surface area (Å²) in [5.41, 5.74) is 2.32. The molecule has 0 aliphatic carbocycles. The number of nitrogens with one attached hydrogen (secondary N) is 1. The number of hydrogen-bond acceptors (Lipinski definition) is 5. The molecule has 2 aromatic rings. The van der Waals surface area contributed by atoms with E-state index in [0.29, 0.717) is 6.54 Å². The molecule has 4 rings (SSSR count). The summed E-state index contributed by atoms with van der Waals surface area (Å²) < 4.78 is 1.82. The summed E-state index contributed by atoms with van der Waals surface area (Å²) in [6.07, 6.45) is 9.62. The van der Waals surface area contributed by atoms with Crippen molar-refractivity contribution in [3.63, 3.8) is 0 Å². The summed E-state index contributed by atoms with van der Waals surface area (Å²) in [5, 5.41) is 7.57. The maximum absolute atomic E-state index is 13.1. The molecule has 2 unspecified atom stereocenters. The third-order valence-electron chi connectivity index (χ3n) is 5.35. The first kappa shape index (κ1) is 17.1. The highest BCUT2D eigenvalue weighted by Crippen LogP contribution is 2.31. The third kappa shape index (κ3) is 3.49. The van der Waals surface area contributed by atoms with E-state index in [1.54, 1.807) is 6.20 Å². The van der Waals surface area contributed by atoms with Crippen LogP contribution in [0.1, 0.15) is 49.3 Å². The lowest BCUT2D eigenvalue weighted by Crippen LogP contribution is -2.43.